The van der Waals surface area contributed by atoms with Gasteiger partial charge in [-0.25, -0.2) is 4.79 Å². The summed E-state index contributed by atoms with van der Waals surface area (Å²) in [5.74, 6) is 0.119. The van der Waals surface area contributed by atoms with E-state index in [1.807, 2.05) is 6.92 Å². The molecule has 2 aliphatic heterocycles. The maximum absolute atomic E-state index is 12.3. The van der Waals surface area contributed by atoms with E-state index < -0.39 is 65.0 Å². The van der Waals surface area contributed by atoms with E-state index in [9.17, 15) is 35.4 Å². The van der Waals surface area contributed by atoms with Crippen LogP contribution in [0, 0.1) is 44.8 Å². The summed E-state index contributed by atoms with van der Waals surface area (Å²) in [7, 11) is 0. The van der Waals surface area contributed by atoms with Crippen molar-refractivity contribution in [3.63, 3.8) is 0 Å². The Bertz CT molecular complexity index is 1270. The molecule has 1 unspecified atom stereocenters. The van der Waals surface area contributed by atoms with E-state index in [1.165, 1.54) is 0 Å². The first-order chi connectivity index (χ1) is 21.7. The predicted octanol–water partition coefficient (Wildman–Crippen LogP) is 3.60. The molecule has 7 aliphatic rings. The average Bonchev–Trinajstić information content (AvgIpc) is 3.40. The minimum absolute atomic E-state index is 0.00460. The summed E-state index contributed by atoms with van der Waals surface area (Å²) in [4.78, 5) is 12.3. The molecule has 11 heteroatoms. The molecule has 0 bridgehead atoms. The van der Waals surface area contributed by atoms with Crippen LogP contribution < -0.4 is 0 Å². The minimum Gasteiger partial charge on any atom is -0.450 e. The molecule has 2 heterocycles. The average molecular weight is 667 g/mol. The molecule has 11 nitrogen and oxygen atoms in total. The van der Waals surface area contributed by atoms with E-state index in [-0.39, 0.29) is 46.9 Å². The Morgan fingerprint density at radius 1 is 0.830 bits per heavy atom. The van der Waals surface area contributed by atoms with E-state index in [4.69, 9.17) is 18.9 Å². The van der Waals surface area contributed by atoms with E-state index in [0.29, 0.717) is 18.8 Å². The molecular formula is C36H58O11. The smallest absolute Gasteiger partial charge is 0.450 e. The van der Waals surface area contributed by atoms with Crippen molar-refractivity contribution >= 4 is 6.16 Å². The number of ether oxygens (including phenoxy) is 4. The highest BCUT2D eigenvalue weighted by molar-refractivity contribution is 5.57. The first-order valence-corrected chi connectivity index (χ1v) is 18.0. The number of rotatable bonds is 5. The molecule has 16 atom stereocenters. The highest BCUT2D eigenvalue weighted by atomic mass is 16.7. The highest BCUT2D eigenvalue weighted by Gasteiger charge is 2.85. The van der Waals surface area contributed by atoms with Gasteiger partial charge in [0.25, 0.3) is 0 Å². The Morgan fingerprint density at radius 2 is 1.49 bits per heavy atom. The summed E-state index contributed by atoms with van der Waals surface area (Å²) in [6.07, 6.45) is -0.983. The zero-order valence-corrected chi connectivity index (χ0v) is 29.1. The molecule has 7 rings (SSSR count). The third-order valence-electron chi connectivity index (χ3n) is 15.9. The van der Waals surface area contributed by atoms with Crippen molar-refractivity contribution in [2.24, 2.45) is 44.8 Å². The van der Waals surface area contributed by atoms with Crippen LogP contribution in [-0.2, 0) is 18.9 Å². The first-order valence-electron chi connectivity index (χ1n) is 18.0. The Hall–Kier alpha value is -1.05. The molecule has 5 aliphatic carbocycles. The fourth-order valence-electron chi connectivity index (χ4n) is 13.6. The Balaban J connectivity index is 1.19. The Kier molecular flexibility index (Phi) is 7.68. The van der Waals surface area contributed by atoms with Gasteiger partial charge in [0.2, 0.25) is 0 Å². The number of hydrogen-bond acceptors (Lipinski definition) is 10. The molecule has 0 amide bonds. The van der Waals surface area contributed by atoms with Gasteiger partial charge < -0.3 is 49.6 Å². The summed E-state index contributed by atoms with van der Waals surface area (Å²) in [5, 5.41) is 63.9. The Labute approximate surface area is 278 Å². The number of carboxylic acid groups (broad SMARTS) is 1. The molecule has 6 N–H and O–H groups in total. The molecule has 268 valence electrons. The second-order valence-corrected chi connectivity index (χ2v) is 18.5. The second kappa shape index (κ2) is 10.5. The molecule has 0 radical (unpaired) electrons. The monoisotopic (exact) mass is 666 g/mol. The Morgan fingerprint density at radius 3 is 2.13 bits per heavy atom. The van der Waals surface area contributed by atoms with Gasteiger partial charge >= 0.3 is 6.16 Å². The van der Waals surface area contributed by atoms with Crippen molar-refractivity contribution in [1.29, 1.82) is 0 Å². The van der Waals surface area contributed by atoms with Gasteiger partial charge in [0.1, 0.15) is 24.4 Å². The lowest BCUT2D eigenvalue weighted by atomic mass is 9.41. The van der Waals surface area contributed by atoms with Crippen molar-refractivity contribution in [1.82, 2.24) is 0 Å². The maximum atomic E-state index is 12.3. The summed E-state index contributed by atoms with van der Waals surface area (Å²) in [5.41, 5.74) is -3.07. The molecule has 2 saturated heterocycles. The van der Waals surface area contributed by atoms with Crippen LogP contribution in [0.1, 0.15) is 106 Å². The standard InChI is InChI=1S/C36H58O11/c1-30(2)19-8-9-20-34(7)27(46-29(41)42)25(40)26(33(6)12-10-22(47-33)31(3,4)43)32(34,5)14-15-36(20)17-35(19,36)13-11-21(30)45-28-24(39)23(38)18(37)16-44-28/h18-28,37-40,43H,8-17H2,1-7H3,(H,41,42)/t18-,19+,20+,21+,22-,23+,24-,25-,26+,27-,28+,32-,33?,34-,35-,36+/m1/s1. The van der Waals surface area contributed by atoms with Gasteiger partial charge in [0, 0.05) is 11.3 Å². The molecular weight excluding hydrogens is 608 g/mol. The lowest BCUT2D eigenvalue weighted by molar-refractivity contribution is -0.303. The predicted molar refractivity (Wildman–Crippen MR) is 168 cm³/mol. The summed E-state index contributed by atoms with van der Waals surface area (Å²) in [6.45, 7) is 14.4. The fourth-order valence-corrected chi connectivity index (χ4v) is 13.6. The van der Waals surface area contributed by atoms with Gasteiger partial charge in [0.15, 0.2) is 6.29 Å². The number of carbonyl (C=O) groups is 1. The quantitative estimate of drug-likeness (QED) is 0.187. The van der Waals surface area contributed by atoms with Gasteiger partial charge in [-0.1, -0.05) is 27.7 Å². The maximum Gasteiger partial charge on any atom is 0.506 e. The summed E-state index contributed by atoms with van der Waals surface area (Å²) in [6, 6.07) is 0. The topological polar surface area (TPSA) is 175 Å². The highest BCUT2D eigenvalue weighted by Crippen LogP contribution is 2.89. The fraction of sp³-hybridized carbons (Fsp3) is 0.972. The van der Waals surface area contributed by atoms with Gasteiger partial charge in [-0.2, -0.15) is 0 Å². The third-order valence-corrected chi connectivity index (χ3v) is 15.9. The first kappa shape index (κ1) is 34.4. The van der Waals surface area contributed by atoms with Gasteiger partial charge in [-0.15, -0.1) is 0 Å². The molecule has 7 fully saturated rings. The van der Waals surface area contributed by atoms with Gasteiger partial charge in [-0.05, 0) is 112 Å². The third kappa shape index (κ3) is 4.42. The number of aliphatic hydroxyl groups excluding tert-OH is 4. The van der Waals surface area contributed by atoms with Crippen molar-refractivity contribution in [2.45, 2.75) is 166 Å². The van der Waals surface area contributed by atoms with Crippen LogP contribution in [-0.4, -0.2) is 104 Å². The largest absolute Gasteiger partial charge is 0.506 e. The van der Waals surface area contributed by atoms with Crippen LogP contribution in [0.5, 0.6) is 0 Å². The SMILES string of the molecule is CC(C)(O)[C@H]1CCC(C)([C@H]2[C@@H](O)[C@@H](OC(=O)O)[C@@]3(C)[C@@H]4CC[C@H]5C(C)(C)[C@@H](O[C@@H]6OC[C@@H](O)[C@H](O)[C@H]6O)CC[C@@]56C[C@@]46CC[C@]23C)O1. The van der Waals surface area contributed by atoms with Crippen LogP contribution in [0.25, 0.3) is 0 Å². The lowest BCUT2D eigenvalue weighted by Gasteiger charge is -2.64. The van der Waals surface area contributed by atoms with Crippen LogP contribution >= 0.6 is 0 Å². The minimum atomic E-state index is -1.37. The van der Waals surface area contributed by atoms with Crippen LogP contribution in [0.15, 0.2) is 0 Å². The number of hydrogen-bond donors (Lipinski definition) is 6. The second-order valence-electron chi connectivity index (χ2n) is 18.5. The van der Waals surface area contributed by atoms with Crippen molar-refractivity contribution in [3.8, 4) is 0 Å². The molecule has 47 heavy (non-hydrogen) atoms. The van der Waals surface area contributed by atoms with Gasteiger partial charge in [0.05, 0.1) is 36.1 Å². The zero-order valence-electron chi connectivity index (χ0n) is 29.1. The molecule has 0 aromatic rings. The molecule has 2 spiro atoms. The van der Waals surface area contributed by atoms with Crippen LogP contribution in [0.3, 0.4) is 0 Å². The lowest BCUT2D eigenvalue weighted by Crippen LogP contribution is -2.62. The van der Waals surface area contributed by atoms with Crippen molar-refractivity contribution < 1.29 is 54.4 Å². The summed E-state index contributed by atoms with van der Waals surface area (Å²) >= 11 is 0. The van der Waals surface area contributed by atoms with E-state index in [2.05, 4.69) is 27.7 Å². The molecule has 0 aromatic carbocycles. The normalized spacial score (nSPS) is 56.6. The van der Waals surface area contributed by atoms with E-state index >= 15 is 0 Å². The summed E-state index contributed by atoms with van der Waals surface area (Å²) < 4.78 is 24.5. The van der Waals surface area contributed by atoms with Gasteiger partial charge in [-0.3, -0.25) is 0 Å². The van der Waals surface area contributed by atoms with Crippen LogP contribution in [0.2, 0.25) is 0 Å². The molecule has 0 aromatic heterocycles. The van der Waals surface area contributed by atoms with E-state index in [0.717, 1.165) is 44.9 Å². The number of aliphatic hydroxyl groups is 5. The van der Waals surface area contributed by atoms with Crippen molar-refractivity contribution in [3.05, 3.63) is 0 Å². The van der Waals surface area contributed by atoms with Crippen molar-refractivity contribution in [2.75, 3.05) is 6.61 Å². The van der Waals surface area contributed by atoms with Crippen LogP contribution in [0.4, 0.5) is 4.79 Å². The number of fused-ring (bicyclic) bond motifs is 2. The zero-order chi connectivity index (χ0) is 34.3. The van der Waals surface area contributed by atoms with E-state index in [1.54, 1.807) is 13.8 Å². The molecule has 5 saturated carbocycles.